The molecule has 0 fully saturated rings. The maximum Gasteiger partial charge on any atom is 0.244 e. The van der Waals surface area contributed by atoms with E-state index in [9.17, 15) is 18.0 Å². The summed E-state index contributed by atoms with van der Waals surface area (Å²) in [5.41, 5.74) is 1.55. The summed E-state index contributed by atoms with van der Waals surface area (Å²) < 4.78 is 32.3. The second-order valence-electron chi connectivity index (χ2n) is 10.5. The standard InChI is InChI=1S/C28H41N3O5S/c1-9-24(27(33)29-28(4,5)6)30(18-21-13-12-14-22(17-21)36-7)26(32)19-31(37(8,34)35)25-16-11-10-15-23(25)20(2)3/h10-17,20,24H,9,18-19H2,1-8H3,(H,29,33)/t24-/m1/s1. The molecule has 9 heteroatoms. The Hall–Kier alpha value is -3.07. The largest absolute Gasteiger partial charge is 0.497 e. The van der Waals surface area contributed by atoms with Crippen molar-refractivity contribution in [1.82, 2.24) is 10.2 Å². The average molecular weight is 532 g/mol. The Morgan fingerprint density at radius 3 is 2.24 bits per heavy atom. The average Bonchev–Trinajstić information content (AvgIpc) is 2.80. The van der Waals surface area contributed by atoms with Crippen molar-refractivity contribution in [1.29, 1.82) is 0 Å². The number of hydrogen-bond acceptors (Lipinski definition) is 5. The predicted octanol–water partition coefficient (Wildman–Crippen LogP) is 4.31. The van der Waals surface area contributed by atoms with Crippen molar-refractivity contribution in [3.63, 3.8) is 0 Å². The molecular formula is C28H41N3O5S. The molecule has 0 saturated carbocycles. The first-order chi connectivity index (χ1) is 17.2. The Morgan fingerprint density at radius 2 is 1.70 bits per heavy atom. The van der Waals surface area contributed by atoms with Crippen molar-refractivity contribution in [2.75, 3.05) is 24.2 Å². The number of carbonyl (C=O) groups excluding carboxylic acids is 2. The number of amides is 2. The van der Waals surface area contributed by atoms with E-state index in [0.29, 0.717) is 17.9 Å². The lowest BCUT2D eigenvalue weighted by molar-refractivity contribution is -0.141. The number of benzene rings is 2. The Labute approximate surface area is 222 Å². The van der Waals surface area contributed by atoms with Crippen LogP contribution in [0, 0.1) is 0 Å². The topological polar surface area (TPSA) is 96.0 Å². The van der Waals surface area contributed by atoms with Gasteiger partial charge in [0.15, 0.2) is 0 Å². The summed E-state index contributed by atoms with van der Waals surface area (Å²) in [5.74, 6) is -0.0902. The zero-order chi connectivity index (χ0) is 28.0. The fourth-order valence-electron chi connectivity index (χ4n) is 4.14. The number of anilines is 1. The number of para-hydroxylation sites is 1. The van der Waals surface area contributed by atoms with E-state index < -0.39 is 34.1 Å². The number of rotatable bonds is 11. The van der Waals surface area contributed by atoms with Crippen LogP contribution < -0.4 is 14.4 Å². The molecule has 0 spiro atoms. The molecule has 2 aromatic rings. The third-order valence-electron chi connectivity index (χ3n) is 5.88. The minimum Gasteiger partial charge on any atom is -0.497 e. The van der Waals surface area contributed by atoms with Crippen molar-refractivity contribution in [2.24, 2.45) is 0 Å². The Bertz CT molecular complexity index is 1190. The quantitative estimate of drug-likeness (QED) is 0.466. The van der Waals surface area contributed by atoms with Gasteiger partial charge in [-0.1, -0.05) is 51.1 Å². The van der Waals surface area contributed by atoms with Crippen LogP contribution in [0.3, 0.4) is 0 Å². The number of methoxy groups -OCH3 is 1. The zero-order valence-electron chi connectivity index (χ0n) is 23.2. The van der Waals surface area contributed by atoms with Gasteiger partial charge in [0.2, 0.25) is 21.8 Å². The molecule has 1 N–H and O–H groups in total. The zero-order valence-corrected chi connectivity index (χ0v) is 24.1. The van der Waals surface area contributed by atoms with Crippen LogP contribution in [0.1, 0.15) is 65.0 Å². The molecule has 37 heavy (non-hydrogen) atoms. The summed E-state index contributed by atoms with van der Waals surface area (Å²) in [5, 5.41) is 2.96. The van der Waals surface area contributed by atoms with E-state index in [0.717, 1.165) is 21.7 Å². The summed E-state index contributed by atoms with van der Waals surface area (Å²) in [6.07, 6.45) is 1.45. The lowest BCUT2D eigenvalue weighted by Gasteiger charge is -2.35. The highest BCUT2D eigenvalue weighted by Crippen LogP contribution is 2.29. The minimum absolute atomic E-state index is 0.0457. The molecule has 0 heterocycles. The van der Waals surface area contributed by atoms with E-state index in [2.05, 4.69) is 5.32 Å². The minimum atomic E-state index is -3.80. The molecule has 2 rings (SSSR count). The van der Waals surface area contributed by atoms with Gasteiger partial charge < -0.3 is 15.0 Å². The highest BCUT2D eigenvalue weighted by molar-refractivity contribution is 7.92. The van der Waals surface area contributed by atoms with Gasteiger partial charge in [0.05, 0.1) is 19.1 Å². The van der Waals surface area contributed by atoms with Crippen LogP contribution >= 0.6 is 0 Å². The van der Waals surface area contributed by atoms with Crippen molar-refractivity contribution >= 4 is 27.5 Å². The fourth-order valence-corrected chi connectivity index (χ4v) is 5.01. The molecule has 0 saturated heterocycles. The summed E-state index contributed by atoms with van der Waals surface area (Å²) >= 11 is 0. The van der Waals surface area contributed by atoms with Crippen molar-refractivity contribution in [2.45, 2.75) is 72.0 Å². The second-order valence-corrected chi connectivity index (χ2v) is 12.4. The molecule has 2 aromatic carbocycles. The lowest BCUT2D eigenvalue weighted by Crippen LogP contribution is -2.55. The number of nitrogens with one attached hydrogen (secondary N) is 1. The molecule has 2 amide bonds. The van der Waals surface area contributed by atoms with Crippen LogP contribution in [0.25, 0.3) is 0 Å². The number of nitrogens with zero attached hydrogens (tertiary/aromatic N) is 2. The van der Waals surface area contributed by atoms with Gasteiger partial charge in [-0.25, -0.2) is 8.42 Å². The molecular weight excluding hydrogens is 490 g/mol. The maximum atomic E-state index is 13.9. The third kappa shape index (κ3) is 8.49. The van der Waals surface area contributed by atoms with Crippen LogP contribution in [0.15, 0.2) is 48.5 Å². The van der Waals surface area contributed by atoms with E-state index in [1.165, 1.54) is 4.90 Å². The molecule has 8 nitrogen and oxygen atoms in total. The summed E-state index contributed by atoms with van der Waals surface area (Å²) in [7, 11) is -2.24. The SMILES string of the molecule is CC[C@H](C(=O)NC(C)(C)C)N(Cc1cccc(OC)c1)C(=O)CN(c1ccccc1C(C)C)S(C)(=O)=O. The van der Waals surface area contributed by atoms with E-state index >= 15 is 0 Å². The molecule has 204 valence electrons. The number of carbonyl (C=O) groups is 2. The third-order valence-corrected chi connectivity index (χ3v) is 7.00. The Balaban J connectivity index is 2.54. The van der Waals surface area contributed by atoms with Crippen molar-refractivity contribution in [3.8, 4) is 5.75 Å². The normalized spacial score (nSPS) is 12.7. The lowest BCUT2D eigenvalue weighted by atomic mass is 10.0. The molecule has 0 aliphatic carbocycles. The van der Waals surface area contributed by atoms with Gasteiger partial charge in [-0.15, -0.1) is 0 Å². The Morgan fingerprint density at radius 1 is 1.05 bits per heavy atom. The van der Waals surface area contributed by atoms with E-state index in [4.69, 9.17) is 4.74 Å². The molecule has 0 radical (unpaired) electrons. The van der Waals surface area contributed by atoms with Gasteiger partial charge in [-0.2, -0.15) is 0 Å². The van der Waals surface area contributed by atoms with Crippen LogP contribution in [-0.2, 0) is 26.2 Å². The van der Waals surface area contributed by atoms with Crippen molar-refractivity contribution < 1.29 is 22.7 Å². The number of sulfonamides is 1. The smallest absolute Gasteiger partial charge is 0.244 e. The monoisotopic (exact) mass is 531 g/mol. The van der Waals surface area contributed by atoms with Gasteiger partial charge in [0.25, 0.3) is 0 Å². The molecule has 0 aromatic heterocycles. The number of ether oxygens (including phenoxy) is 1. The molecule has 1 atom stereocenters. The van der Waals surface area contributed by atoms with Crippen LogP contribution in [0.2, 0.25) is 0 Å². The van der Waals surface area contributed by atoms with Gasteiger partial charge in [0, 0.05) is 12.1 Å². The van der Waals surface area contributed by atoms with E-state index in [1.807, 2.05) is 65.8 Å². The Kier molecular flexibility index (Phi) is 10.1. The molecule has 0 aliphatic heterocycles. The predicted molar refractivity (Wildman–Crippen MR) is 148 cm³/mol. The summed E-state index contributed by atoms with van der Waals surface area (Å²) in [6.45, 7) is 11.1. The van der Waals surface area contributed by atoms with E-state index in [-0.39, 0.29) is 18.4 Å². The van der Waals surface area contributed by atoms with Gasteiger partial charge in [0.1, 0.15) is 18.3 Å². The maximum absolute atomic E-state index is 13.9. The summed E-state index contributed by atoms with van der Waals surface area (Å²) in [6, 6.07) is 13.6. The van der Waals surface area contributed by atoms with Crippen molar-refractivity contribution in [3.05, 3.63) is 59.7 Å². The molecule has 0 bridgehead atoms. The first-order valence-electron chi connectivity index (χ1n) is 12.5. The van der Waals surface area contributed by atoms with Gasteiger partial charge >= 0.3 is 0 Å². The van der Waals surface area contributed by atoms with E-state index in [1.54, 1.807) is 31.4 Å². The van der Waals surface area contributed by atoms with Crippen LogP contribution in [0.4, 0.5) is 5.69 Å². The summed E-state index contributed by atoms with van der Waals surface area (Å²) in [4.78, 5) is 28.6. The highest BCUT2D eigenvalue weighted by Gasteiger charge is 2.33. The highest BCUT2D eigenvalue weighted by atomic mass is 32.2. The second kappa shape index (κ2) is 12.4. The van der Waals surface area contributed by atoms with Crippen LogP contribution in [-0.4, -0.2) is 56.6 Å². The molecule has 0 aliphatic rings. The molecule has 0 unspecified atom stereocenters. The van der Waals surface area contributed by atoms with Crippen LogP contribution in [0.5, 0.6) is 5.75 Å². The fraction of sp³-hybridized carbons (Fsp3) is 0.500. The van der Waals surface area contributed by atoms with Gasteiger partial charge in [-0.3, -0.25) is 13.9 Å². The number of hydrogen-bond donors (Lipinski definition) is 1. The first kappa shape index (κ1) is 30.2. The first-order valence-corrected chi connectivity index (χ1v) is 14.3. The van der Waals surface area contributed by atoms with Gasteiger partial charge in [-0.05, 0) is 62.4 Å².